The van der Waals surface area contributed by atoms with Crippen LogP contribution in [0.1, 0.15) is 22.3 Å². The van der Waals surface area contributed by atoms with Gasteiger partial charge in [-0.05, 0) is 45.3 Å². The Morgan fingerprint density at radius 2 is 1.05 bits per heavy atom. The number of benzene rings is 3. The summed E-state index contributed by atoms with van der Waals surface area (Å²) in [5.41, 5.74) is 7.51. The molecule has 3 aromatic carbocycles. The molecule has 0 spiro atoms. The van der Waals surface area contributed by atoms with E-state index in [1.165, 1.54) is 0 Å². The van der Waals surface area contributed by atoms with Crippen LogP contribution in [0, 0.1) is 0 Å². The summed E-state index contributed by atoms with van der Waals surface area (Å²) in [7, 11) is 0. The van der Waals surface area contributed by atoms with Crippen molar-refractivity contribution in [2.45, 2.75) is 37.5 Å². The summed E-state index contributed by atoms with van der Waals surface area (Å²) in [5, 5.41) is 0. The van der Waals surface area contributed by atoms with Gasteiger partial charge in [-0.1, -0.05) is 42.5 Å². The van der Waals surface area contributed by atoms with E-state index in [9.17, 15) is 17.6 Å². The molecule has 2 aliphatic heterocycles. The molecule has 0 saturated heterocycles. The lowest BCUT2D eigenvalue weighted by molar-refractivity contribution is 0.0123. The first-order valence-corrected chi connectivity index (χ1v) is 14.2. The van der Waals surface area contributed by atoms with E-state index in [-0.39, 0.29) is 32.4 Å². The van der Waals surface area contributed by atoms with Gasteiger partial charge in [-0.15, -0.1) is 0 Å². The quantitative estimate of drug-likeness (QED) is 0.187. The zero-order valence-corrected chi connectivity index (χ0v) is 22.6. The third kappa shape index (κ3) is 3.76. The van der Waals surface area contributed by atoms with Crippen molar-refractivity contribution in [1.29, 1.82) is 0 Å². The van der Waals surface area contributed by atoms with Crippen LogP contribution in [-0.2, 0) is 25.7 Å². The maximum atomic E-state index is 14.3. The summed E-state index contributed by atoms with van der Waals surface area (Å²) < 4.78 is 69.9. The van der Waals surface area contributed by atoms with Crippen LogP contribution in [0.4, 0.5) is 17.6 Å². The second-order valence-electron chi connectivity index (χ2n) is 11.8. The van der Waals surface area contributed by atoms with Crippen molar-refractivity contribution in [2.75, 3.05) is 0 Å². The van der Waals surface area contributed by atoms with E-state index in [1.807, 2.05) is 42.5 Å². The Morgan fingerprint density at radius 3 is 1.53 bits per heavy atom. The van der Waals surface area contributed by atoms with Crippen molar-refractivity contribution < 1.29 is 27.0 Å². The predicted molar refractivity (Wildman–Crippen MR) is 155 cm³/mol. The topological polar surface area (TPSA) is 44.2 Å². The second-order valence-corrected chi connectivity index (χ2v) is 11.8. The molecular formula is C34H21BF4N2O2. The average Bonchev–Trinajstić information content (AvgIpc) is 3.48. The van der Waals surface area contributed by atoms with Gasteiger partial charge in [-0.25, -0.2) is 17.6 Å². The van der Waals surface area contributed by atoms with E-state index in [4.69, 9.17) is 19.4 Å². The van der Waals surface area contributed by atoms with Gasteiger partial charge in [0.2, 0.25) is 0 Å². The lowest BCUT2D eigenvalue weighted by Gasteiger charge is -2.32. The molecule has 43 heavy (non-hydrogen) atoms. The number of hydrogen-bond acceptors (Lipinski definition) is 4. The van der Waals surface area contributed by atoms with Gasteiger partial charge in [0.1, 0.15) is 23.0 Å². The smallest absolute Gasteiger partial charge is 0.264 e. The normalized spacial score (nSPS) is 17.6. The number of nitrogens with zero attached hydrogens (tertiary/aromatic N) is 2. The number of aromatic nitrogens is 2. The van der Waals surface area contributed by atoms with Crippen LogP contribution >= 0.6 is 0 Å². The first kappa shape index (κ1) is 24.9. The molecule has 4 heterocycles. The maximum Gasteiger partial charge on any atom is 0.264 e. The molecule has 0 N–H and O–H groups in total. The van der Waals surface area contributed by atoms with E-state index in [0.717, 1.165) is 16.4 Å². The van der Waals surface area contributed by atoms with Crippen LogP contribution in [0.3, 0.4) is 0 Å². The molecule has 0 atom stereocenters. The Labute approximate surface area is 244 Å². The van der Waals surface area contributed by atoms with Crippen molar-refractivity contribution >= 4 is 23.1 Å². The fourth-order valence-corrected chi connectivity index (χ4v) is 7.20. The first-order chi connectivity index (χ1) is 20.7. The number of hydrogen-bond donors (Lipinski definition) is 0. The Morgan fingerprint density at radius 1 is 0.581 bits per heavy atom. The molecule has 5 aromatic rings. The molecule has 0 amide bonds. The lowest BCUT2D eigenvalue weighted by atomic mass is 9.35. The summed E-state index contributed by atoms with van der Waals surface area (Å²) in [4.78, 5) is 9.49. The first-order valence-electron chi connectivity index (χ1n) is 14.2. The molecule has 9 heteroatoms. The van der Waals surface area contributed by atoms with Gasteiger partial charge in [-0.2, -0.15) is 0 Å². The largest absolute Gasteiger partial charge is 0.458 e. The maximum absolute atomic E-state index is 14.3. The van der Waals surface area contributed by atoms with E-state index in [2.05, 4.69) is 0 Å². The standard InChI is InChI=1S/C34H21BF4N2O2/c36-33(37)12-18-4-1-6-20(22(18)14-33)26-10-30-24(16-40-26)35-25-17-41-27(21-7-2-5-19-13-34(38,39)15-23(19)21)11-31(25)43-29-9-3-8-28(42-30)32(29)35/h1-11,16-17H,12-15H2. The molecule has 9 rings (SSSR count). The van der Waals surface area contributed by atoms with Gasteiger partial charge >= 0.3 is 0 Å². The number of alkyl halides is 4. The van der Waals surface area contributed by atoms with Gasteiger partial charge in [-0.3, -0.25) is 9.97 Å². The zero-order valence-electron chi connectivity index (χ0n) is 22.6. The number of fused-ring (bicyclic) bond motifs is 6. The predicted octanol–water partition coefficient (Wildman–Crippen LogP) is 6.01. The van der Waals surface area contributed by atoms with Crippen molar-refractivity contribution in [3.8, 4) is 45.5 Å². The third-order valence-corrected chi connectivity index (χ3v) is 9.03. The molecule has 0 fully saturated rings. The van der Waals surface area contributed by atoms with Crippen LogP contribution in [-0.4, -0.2) is 28.5 Å². The Bertz CT molecular complexity index is 1890. The van der Waals surface area contributed by atoms with E-state index < -0.39 is 11.8 Å². The van der Waals surface area contributed by atoms with Crippen LogP contribution in [0.15, 0.2) is 79.1 Å². The van der Waals surface area contributed by atoms with Gasteiger partial charge in [0.15, 0.2) is 0 Å². The monoisotopic (exact) mass is 576 g/mol. The molecule has 4 aliphatic rings. The van der Waals surface area contributed by atoms with Crippen LogP contribution in [0.5, 0.6) is 23.0 Å². The molecule has 2 aromatic heterocycles. The highest BCUT2D eigenvalue weighted by Gasteiger charge is 2.43. The number of halogens is 4. The van der Waals surface area contributed by atoms with Crippen LogP contribution < -0.4 is 25.9 Å². The number of rotatable bonds is 2. The Kier molecular flexibility index (Phi) is 4.90. The summed E-state index contributed by atoms with van der Waals surface area (Å²) in [6.45, 7) is -0.293. The van der Waals surface area contributed by atoms with Gasteiger partial charge in [0, 0.05) is 66.8 Å². The Hall–Kier alpha value is -4.66. The SMILES string of the molecule is FC1(F)Cc2cccc(-c3cc4c(cn3)B3c5cnc(-c6cccc7c6CC(F)(F)C7)cc5Oc5cccc(c53)O4)c2C1. The molecule has 0 radical (unpaired) electrons. The summed E-state index contributed by atoms with van der Waals surface area (Å²) in [5.74, 6) is -3.10. The highest BCUT2D eigenvalue weighted by molar-refractivity contribution is 6.98. The number of ether oxygens (including phenoxy) is 2. The van der Waals surface area contributed by atoms with Crippen molar-refractivity contribution in [3.63, 3.8) is 0 Å². The average molecular weight is 576 g/mol. The minimum Gasteiger partial charge on any atom is -0.458 e. The highest BCUT2D eigenvalue weighted by Crippen LogP contribution is 2.42. The molecule has 2 aliphatic carbocycles. The van der Waals surface area contributed by atoms with Crippen molar-refractivity contribution in [3.05, 3.63) is 101 Å². The zero-order chi connectivity index (χ0) is 29.1. The Balaban J connectivity index is 1.16. The van der Waals surface area contributed by atoms with E-state index in [1.54, 1.807) is 36.7 Å². The summed E-state index contributed by atoms with van der Waals surface area (Å²) in [6.07, 6.45) is 2.33. The van der Waals surface area contributed by atoms with Crippen LogP contribution in [0.2, 0.25) is 0 Å². The van der Waals surface area contributed by atoms with Crippen molar-refractivity contribution in [2.24, 2.45) is 0 Å². The molecule has 0 saturated carbocycles. The van der Waals surface area contributed by atoms with E-state index in [0.29, 0.717) is 67.8 Å². The van der Waals surface area contributed by atoms with E-state index >= 15 is 0 Å². The molecule has 0 unspecified atom stereocenters. The summed E-state index contributed by atoms with van der Waals surface area (Å²) >= 11 is 0. The fourth-order valence-electron chi connectivity index (χ4n) is 7.20. The fraction of sp³-hybridized carbons (Fsp3) is 0.176. The van der Waals surface area contributed by atoms with Crippen LogP contribution in [0.25, 0.3) is 22.5 Å². The molecule has 210 valence electrons. The minimum absolute atomic E-state index is 0.268. The lowest BCUT2D eigenvalue weighted by Crippen LogP contribution is -2.57. The second kappa shape index (κ2) is 8.46. The number of pyridine rings is 2. The molecule has 4 nitrogen and oxygen atoms in total. The minimum atomic E-state index is -2.77. The molecule has 0 bridgehead atoms. The van der Waals surface area contributed by atoms with Gasteiger partial charge in [0.25, 0.3) is 18.6 Å². The van der Waals surface area contributed by atoms with Crippen molar-refractivity contribution in [1.82, 2.24) is 9.97 Å². The highest BCUT2D eigenvalue weighted by atomic mass is 19.3. The van der Waals surface area contributed by atoms with Gasteiger partial charge < -0.3 is 9.47 Å². The summed E-state index contributed by atoms with van der Waals surface area (Å²) in [6, 6.07) is 20.0. The third-order valence-electron chi connectivity index (χ3n) is 9.03. The molecular weight excluding hydrogens is 555 g/mol. The van der Waals surface area contributed by atoms with Gasteiger partial charge in [0.05, 0.1) is 11.4 Å².